The second kappa shape index (κ2) is 8.31. The molecule has 2 aromatic rings. The molecular formula is C19H22BrNO3. The van der Waals surface area contributed by atoms with Gasteiger partial charge in [0.15, 0.2) is 0 Å². The number of nitrogens with zero attached hydrogens (tertiary/aromatic N) is 1. The molecule has 0 spiro atoms. The Hall–Kier alpha value is -1.85. The van der Waals surface area contributed by atoms with E-state index in [2.05, 4.69) is 15.9 Å². The van der Waals surface area contributed by atoms with Crippen LogP contribution in [0.3, 0.4) is 0 Å². The quantitative estimate of drug-likeness (QED) is 0.787. The van der Waals surface area contributed by atoms with Crippen LogP contribution >= 0.6 is 15.9 Å². The Morgan fingerprint density at radius 1 is 1.17 bits per heavy atom. The smallest absolute Gasteiger partial charge is 0.232 e. The molecule has 4 nitrogen and oxygen atoms in total. The first-order valence-electron chi connectivity index (χ1n) is 7.89. The highest BCUT2D eigenvalue weighted by atomic mass is 79.9. The molecule has 0 saturated heterocycles. The fourth-order valence-corrected chi connectivity index (χ4v) is 3.11. The molecule has 2 aromatic carbocycles. The maximum Gasteiger partial charge on any atom is 0.232 e. The van der Waals surface area contributed by atoms with Gasteiger partial charge in [-0.15, -0.1) is 0 Å². The number of aliphatic hydroxyl groups excluding tert-OH is 1. The predicted molar refractivity (Wildman–Crippen MR) is 99.2 cm³/mol. The van der Waals surface area contributed by atoms with Crippen LogP contribution in [-0.4, -0.2) is 28.8 Å². The van der Waals surface area contributed by atoms with Crippen LogP contribution < -0.4 is 4.90 Å². The molecule has 0 aliphatic rings. The van der Waals surface area contributed by atoms with Gasteiger partial charge in [-0.3, -0.25) is 4.79 Å². The average Bonchev–Trinajstić information content (AvgIpc) is 2.54. The molecule has 2 rings (SSSR count). The van der Waals surface area contributed by atoms with E-state index in [0.29, 0.717) is 12.1 Å². The van der Waals surface area contributed by atoms with Crippen molar-refractivity contribution in [3.8, 4) is 5.75 Å². The van der Waals surface area contributed by atoms with Gasteiger partial charge in [-0.25, -0.2) is 0 Å². The summed E-state index contributed by atoms with van der Waals surface area (Å²) in [5.74, 6) is -0.489. The molecule has 0 aromatic heterocycles. The molecule has 1 unspecified atom stereocenters. The zero-order valence-electron chi connectivity index (χ0n) is 13.8. The second-order valence-corrected chi connectivity index (χ2v) is 6.95. The summed E-state index contributed by atoms with van der Waals surface area (Å²) < 4.78 is 0.948. The van der Waals surface area contributed by atoms with Gasteiger partial charge in [-0.1, -0.05) is 28.1 Å². The Bertz CT molecular complexity index is 685. The summed E-state index contributed by atoms with van der Waals surface area (Å²) in [5, 5.41) is 19.2. The first kappa shape index (κ1) is 18.5. The number of halogens is 1. The van der Waals surface area contributed by atoms with Crippen molar-refractivity contribution in [2.45, 2.75) is 26.3 Å². The minimum atomic E-state index is -0.518. The lowest BCUT2D eigenvalue weighted by Gasteiger charge is -2.30. The van der Waals surface area contributed by atoms with Crippen LogP contribution in [0.5, 0.6) is 5.75 Å². The second-order valence-electron chi connectivity index (χ2n) is 6.03. The van der Waals surface area contributed by atoms with Crippen molar-refractivity contribution in [3.63, 3.8) is 0 Å². The van der Waals surface area contributed by atoms with Gasteiger partial charge in [0.05, 0.1) is 12.5 Å². The topological polar surface area (TPSA) is 60.8 Å². The lowest BCUT2D eigenvalue weighted by Crippen LogP contribution is -2.43. The van der Waals surface area contributed by atoms with Crippen molar-refractivity contribution in [1.29, 1.82) is 0 Å². The van der Waals surface area contributed by atoms with Gasteiger partial charge >= 0.3 is 0 Å². The molecule has 2 N–H and O–H groups in total. The molecule has 0 bridgehead atoms. The number of benzene rings is 2. The minimum absolute atomic E-state index is 0.0568. The number of aromatic hydroxyl groups is 1. The van der Waals surface area contributed by atoms with Crippen LogP contribution in [0.15, 0.2) is 53.0 Å². The first-order valence-corrected chi connectivity index (χ1v) is 8.69. The molecule has 0 fully saturated rings. The molecule has 1 atom stereocenters. The zero-order valence-corrected chi connectivity index (χ0v) is 15.4. The normalized spacial score (nSPS) is 12.2. The highest BCUT2D eigenvalue weighted by Crippen LogP contribution is 2.24. The Morgan fingerprint density at radius 2 is 1.83 bits per heavy atom. The van der Waals surface area contributed by atoms with Gasteiger partial charge in [0.25, 0.3) is 0 Å². The van der Waals surface area contributed by atoms with E-state index in [1.807, 2.05) is 38.1 Å². The Balaban J connectivity index is 2.24. The molecular weight excluding hydrogens is 370 g/mol. The molecule has 0 saturated carbocycles. The summed E-state index contributed by atoms with van der Waals surface area (Å²) in [7, 11) is 0. The van der Waals surface area contributed by atoms with E-state index in [1.165, 1.54) is 0 Å². The highest BCUT2D eigenvalue weighted by Gasteiger charge is 2.27. The minimum Gasteiger partial charge on any atom is -0.508 e. The van der Waals surface area contributed by atoms with Gasteiger partial charge in [0, 0.05) is 16.2 Å². The summed E-state index contributed by atoms with van der Waals surface area (Å²) in [6.07, 6.45) is 0.468. The molecule has 1 amide bonds. The van der Waals surface area contributed by atoms with Crippen LogP contribution in [0, 0.1) is 5.92 Å². The Labute approximate surface area is 150 Å². The number of phenols is 1. The van der Waals surface area contributed by atoms with Crippen molar-refractivity contribution < 1.29 is 15.0 Å². The van der Waals surface area contributed by atoms with Gasteiger partial charge in [-0.05, 0) is 62.2 Å². The van der Waals surface area contributed by atoms with E-state index >= 15 is 0 Å². The predicted octanol–water partition coefficient (Wildman–Crippen LogP) is 3.75. The number of carbonyl (C=O) groups is 1. The van der Waals surface area contributed by atoms with Crippen LogP contribution in [0.25, 0.3) is 0 Å². The number of rotatable bonds is 6. The third-order valence-corrected chi connectivity index (χ3v) is 4.32. The summed E-state index contributed by atoms with van der Waals surface area (Å²) >= 11 is 3.43. The molecule has 0 radical (unpaired) electrons. The fraction of sp³-hybridized carbons (Fsp3) is 0.316. The van der Waals surface area contributed by atoms with E-state index in [1.54, 1.807) is 29.2 Å². The number of amides is 1. The summed E-state index contributed by atoms with van der Waals surface area (Å²) in [5.41, 5.74) is 1.70. The third-order valence-electron chi connectivity index (χ3n) is 3.82. The van der Waals surface area contributed by atoms with Gasteiger partial charge in [0.2, 0.25) is 5.91 Å². The van der Waals surface area contributed by atoms with E-state index < -0.39 is 5.92 Å². The SMILES string of the molecule is CC(C)N(C(=O)C(CO)Cc1cccc(Br)c1)c1ccc(O)cc1. The number of hydrogen-bond acceptors (Lipinski definition) is 3. The molecule has 24 heavy (non-hydrogen) atoms. The van der Waals surface area contributed by atoms with Gasteiger partial charge < -0.3 is 15.1 Å². The number of hydrogen-bond donors (Lipinski definition) is 2. The van der Waals surface area contributed by atoms with Crippen LogP contribution in [-0.2, 0) is 11.2 Å². The number of carbonyl (C=O) groups excluding carboxylic acids is 1. The Kier molecular flexibility index (Phi) is 6.40. The van der Waals surface area contributed by atoms with Gasteiger partial charge in [0.1, 0.15) is 5.75 Å². The number of aliphatic hydroxyl groups is 1. The van der Waals surface area contributed by atoms with E-state index in [9.17, 15) is 15.0 Å². The van der Waals surface area contributed by atoms with Crippen LogP contribution in [0.4, 0.5) is 5.69 Å². The summed E-state index contributed by atoms with van der Waals surface area (Å²) in [6, 6.07) is 14.2. The summed E-state index contributed by atoms with van der Waals surface area (Å²) in [4.78, 5) is 14.6. The maximum atomic E-state index is 13.0. The van der Waals surface area contributed by atoms with Crippen molar-refractivity contribution >= 4 is 27.5 Å². The van der Waals surface area contributed by atoms with Crippen molar-refractivity contribution in [2.75, 3.05) is 11.5 Å². The molecule has 5 heteroatoms. The Morgan fingerprint density at radius 3 is 2.38 bits per heavy atom. The van der Waals surface area contributed by atoms with E-state index in [-0.39, 0.29) is 24.3 Å². The van der Waals surface area contributed by atoms with E-state index in [4.69, 9.17) is 0 Å². The summed E-state index contributed by atoms with van der Waals surface area (Å²) in [6.45, 7) is 3.64. The van der Waals surface area contributed by atoms with E-state index in [0.717, 1.165) is 10.0 Å². The van der Waals surface area contributed by atoms with Gasteiger partial charge in [-0.2, -0.15) is 0 Å². The third kappa shape index (κ3) is 4.58. The molecule has 0 aliphatic carbocycles. The van der Waals surface area contributed by atoms with Crippen molar-refractivity contribution in [3.05, 3.63) is 58.6 Å². The lowest BCUT2D eigenvalue weighted by molar-refractivity contribution is -0.123. The highest BCUT2D eigenvalue weighted by molar-refractivity contribution is 9.10. The first-order chi connectivity index (χ1) is 11.4. The monoisotopic (exact) mass is 391 g/mol. The molecule has 0 aliphatic heterocycles. The standard InChI is InChI=1S/C19H22BrNO3/c1-13(2)21(17-6-8-18(23)9-7-17)19(24)15(12-22)10-14-4-3-5-16(20)11-14/h3-9,11,13,15,22-23H,10,12H2,1-2H3. The average molecular weight is 392 g/mol. The maximum absolute atomic E-state index is 13.0. The zero-order chi connectivity index (χ0) is 17.7. The number of anilines is 1. The fourth-order valence-electron chi connectivity index (χ4n) is 2.67. The largest absolute Gasteiger partial charge is 0.508 e. The molecule has 0 heterocycles. The van der Waals surface area contributed by atoms with Crippen molar-refractivity contribution in [1.82, 2.24) is 0 Å². The van der Waals surface area contributed by atoms with Crippen LogP contribution in [0.2, 0.25) is 0 Å². The lowest BCUT2D eigenvalue weighted by atomic mass is 9.97. The van der Waals surface area contributed by atoms with Crippen LogP contribution in [0.1, 0.15) is 19.4 Å². The number of phenolic OH excluding ortho intramolecular Hbond substituents is 1. The van der Waals surface area contributed by atoms with Crippen molar-refractivity contribution in [2.24, 2.45) is 5.92 Å². The molecule has 128 valence electrons.